The lowest BCUT2D eigenvalue weighted by Gasteiger charge is -2.37. The molecule has 1 fully saturated rings. The number of hydrogen-bond donors (Lipinski definition) is 2. The van der Waals surface area contributed by atoms with Crippen molar-refractivity contribution in [3.63, 3.8) is 0 Å². The normalized spacial score (nSPS) is 16.4. The average Bonchev–Trinajstić information content (AvgIpc) is 3.27. The highest BCUT2D eigenvalue weighted by atomic mass is 35.5. The van der Waals surface area contributed by atoms with Gasteiger partial charge in [0.15, 0.2) is 0 Å². The molecule has 0 unspecified atom stereocenters. The van der Waals surface area contributed by atoms with Gasteiger partial charge in [-0.25, -0.2) is 9.59 Å². The first-order valence-corrected chi connectivity index (χ1v) is 11.3. The molecule has 2 N–H and O–H groups in total. The van der Waals surface area contributed by atoms with Gasteiger partial charge in [0.25, 0.3) is 5.91 Å². The first kappa shape index (κ1) is 23.6. The van der Waals surface area contributed by atoms with Crippen LogP contribution in [0.15, 0.2) is 53.7 Å². The number of benzene rings is 2. The van der Waals surface area contributed by atoms with Crippen molar-refractivity contribution in [1.29, 1.82) is 0 Å². The quantitative estimate of drug-likeness (QED) is 0.630. The number of urea groups is 1. The van der Waals surface area contributed by atoms with Crippen LogP contribution < -0.4 is 10.6 Å². The lowest BCUT2D eigenvalue weighted by molar-refractivity contribution is -0.115. The molecule has 9 nitrogen and oxygen atoms in total. The van der Waals surface area contributed by atoms with Crippen LogP contribution in [-0.4, -0.2) is 54.3 Å². The first-order chi connectivity index (χ1) is 16.4. The number of nitrogens with zero attached hydrogens (tertiary/aromatic N) is 2. The summed E-state index contributed by atoms with van der Waals surface area (Å²) in [4.78, 5) is 44.6. The highest BCUT2D eigenvalue weighted by molar-refractivity contribution is 6.39. The minimum Gasteiger partial charge on any atom is -0.465 e. The number of ether oxygens (including phenoxy) is 1. The molecule has 1 spiro atoms. The van der Waals surface area contributed by atoms with Gasteiger partial charge in [-0.3, -0.25) is 4.79 Å². The number of piperidine rings is 1. The van der Waals surface area contributed by atoms with Crippen molar-refractivity contribution >= 4 is 40.9 Å². The Hall–Kier alpha value is -3.59. The van der Waals surface area contributed by atoms with Gasteiger partial charge in [0, 0.05) is 43.9 Å². The van der Waals surface area contributed by atoms with Crippen molar-refractivity contribution in [3.8, 4) is 0 Å². The van der Waals surface area contributed by atoms with Gasteiger partial charge < -0.3 is 25.1 Å². The van der Waals surface area contributed by atoms with E-state index >= 15 is 0 Å². The number of methoxy groups -OCH3 is 1. The molecule has 2 aliphatic heterocycles. The second kappa shape index (κ2) is 10.1. The van der Waals surface area contributed by atoms with E-state index < -0.39 is 11.6 Å². The van der Waals surface area contributed by atoms with Crippen molar-refractivity contribution in [3.05, 3.63) is 64.7 Å². The van der Waals surface area contributed by atoms with E-state index in [1.54, 1.807) is 41.3 Å². The molecule has 10 heteroatoms. The average molecular weight is 485 g/mol. The third kappa shape index (κ3) is 5.31. The summed E-state index contributed by atoms with van der Waals surface area (Å²) in [6.07, 6.45) is 1.47. The van der Waals surface area contributed by atoms with Gasteiger partial charge >= 0.3 is 12.0 Å². The molecule has 0 atom stereocenters. The van der Waals surface area contributed by atoms with E-state index in [1.807, 2.05) is 12.1 Å². The number of anilines is 1. The molecule has 34 heavy (non-hydrogen) atoms. The van der Waals surface area contributed by atoms with Gasteiger partial charge in [0.1, 0.15) is 11.3 Å². The van der Waals surface area contributed by atoms with Gasteiger partial charge in [0.05, 0.1) is 18.4 Å². The van der Waals surface area contributed by atoms with Crippen LogP contribution in [0.25, 0.3) is 0 Å². The van der Waals surface area contributed by atoms with Crippen LogP contribution in [0.4, 0.5) is 10.5 Å². The number of hydrogen-bond acceptors (Lipinski definition) is 6. The van der Waals surface area contributed by atoms with E-state index in [-0.39, 0.29) is 17.5 Å². The largest absolute Gasteiger partial charge is 0.465 e. The predicted molar refractivity (Wildman–Crippen MR) is 127 cm³/mol. The highest BCUT2D eigenvalue weighted by Gasteiger charge is 2.44. The number of rotatable bonds is 5. The standard InChI is InChI=1S/C24H25ClN4O5/c1-33-22(31)18-4-2-3-5-19(18)27-23(32)29-12-10-24(11-13-29)14-20(28-34-24)21(30)26-15-16-6-8-17(25)9-7-16/h2-9H,10-15H2,1H3,(H,26,30)(H,27,32). The molecule has 178 valence electrons. The molecule has 0 aromatic heterocycles. The maximum Gasteiger partial charge on any atom is 0.339 e. The summed E-state index contributed by atoms with van der Waals surface area (Å²) < 4.78 is 4.77. The Labute approximate surface area is 202 Å². The third-order valence-corrected chi connectivity index (χ3v) is 6.26. The molecule has 0 aliphatic carbocycles. The molecular weight excluding hydrogens is 460 g/mol. The van der Waals surface area contributed by atoms with Crippen molar-refractivity contribution in [2.24, 2.45) is 5.16 Å². The van der Waals surface area contributed by atoms with Crippen LogP contribution in [0.5, 0.6) is 0 Å². The number of nitrogens with one attached hydrogen (secondary N) is 2. The van der Waals surface area contributed by atoms with Crippen molar-refractivity contribution in [2.75, 3.05) is 25.5 Å². The minimum absolute atomic E-state index is 0.272. The fraction of sp³-hybridized carbons (Fsp3) is 0.333. The molecule has 2 aliphatic rings. The molecule has 2 aromatic carbocycles. The fourth-order valence-electron chi connectivity index (χ4n) is 3.99. The molecule has 3 amide bonds. The Morgan fingerprint density at radius 2 is 1.82 bits per heavy atom. The summed E-state index contributed by atoms with van der Waals surface area (Å²) in [6.45, 7) is 1.23. The number of halogens is 1. The van der Waals surface area contributed by atoms with Gasteiger partial charge in [-0.15, -0.1) is 0 Å². The Balaban J connectivity index is 1.28. The zero-order valence-electron chi connectivity index (χ0n) is 18.7. The summed E-state index contributed by atoms with van der Waals surface area (Å²) in [7, 11) is 1.29. The van der Waals surface area contributed by atoms with Crippen molar-refractivity contribution in [2.45, 2.75) is 31.4 Å². The molecule has 4 rings (SSSR count). The highest BCUT2D eigenvalue weighted by Crippen LogP contribution is 2.35. The van der Waals surface area contributed by atoms with E-state index in [4.69, 9.17) is 21.2 Å². The molecular formula is C24H25ClN4O5. The van der Waals surface area contributed by atoms with Gasteiger partial charge in [-0.1, -0.05) is 41.0 Å². The Bertz CT molecular complexity index is 1110. The monoisotopic (exact) mass is 484 g/mol. The SMILES string of the molecule is COC(=O)c1ccccc1NC(=O)N1CCC2(CC1)CC(C(=O)NCc1ccc(Cl)cc1)=NO2. The number of esters is 1. The third-order valence-electron chi connectivity index (χ3n) is 6.00. The second-order valence-electron chi connectivity index (χ2n) is 8.25. The number of carbonyl (C=O) groups excluding carboxylic acids is 3. The zero-order valence-corrected chi connectivity index (χ0v) is 19.4. The Morgan fingerprint density at radius 3 is 2.53 bits per heavy atom. The smallest absolute Gasteiger partial charge is 0.339 e. The first-order valence-electron chi connectivity index (χ1n) is 10.9. The molecule has 0 saturated carbocycles. The van der Waals surface area contributed by atoms with Crippen LogP contribution in [0.3, 0.4) is 0 Å². The Morgan fingerprint density at radius 1 is 1.12 bits per heavy atom. The number of para-hydroxylation sites is 1. The molecule has 1 saturated heterocycles. The van der Waals surface area contributed by atoms with E-state index in [9.17, 15) is 14.4 Å². The van der Waals surface area contributed by atoms with Gasteiger partial charge in [0.2, 0.25) is 0 Å². The molecule has 2 aromatic rings. The zero-order chi connectivity index (χ0) is 24.1. The van der Waals surface area contributed by atoms with Gasteiger partial charge in [-0.05, 0) is 29.8 Å². The summed E-state index contributed by atoms with van der Waals surface area (Å²) in [6, 6.07) is 13.6. The number of likely N-dealkylation sites (tertiary alicyclic amines) is 1. The Kier molecular flexibility index (Phi) is 7.02. The minimum atomic E-state index is -0.590. The van der Waals surface area contributed by atoms with Gasteiger partial charge in [-0.2, -0.15) is 0 Å². The van der Waals surface area contributed by atoms with Crippen LogP contribution in [0, 0.1) is 0 Å². The molecule has 2 heterocycles. The van der Waals surface area contributed by atoms with Crippen LogP contribution in [0.2, 0.25) is 5.02 Å². The summed E-state index contributed by atoms with van der Waals surface area (Å²) in [5.74, 6) is -0.793. The number of carbonyl (C=O) groups is 3. The predicted octanol–water partition coefficient (Wildman–Crippen LogP) is 3.59. The number of amides is 3. The van der Waals surface area contributed by atoms with E-state index in [2.05, 4.69) is 15.8 Å². The maximum atomic E-state index is 12.8. The summed E-state index contributed by atoms with van der Waals surface area (Å²) >= 11 is 5.89. The summed E-state index contributed by atoms with van der Waals surface area (Å²) in [5.41, 5.74) is 1.36. The topological polar surface area (TPSA) is 109 Å². The molecule has 0 bridgehead atoms. The van der Waals surface area contributed by atoms with E-state index in [1.165, 1.54) is 7.11 Å². The second-order valence-corrected chi connectivity index (χ2v) is 8.69. The van der Waals surface area contributed by atoms with Crippen molar-refractivity contribution < 1.29 is 24.0 Å². The van der Waals surface area contributed by atoms with Crippen LogP contribution >= 0.6 is 11.6 Å². The lowest BCUT2D eigenvalue weighted by atomic mass is 9.87. The van der Waals surface area contributed by atoms with Crippen LogP contribution in [0.1, 0.15) is 35.2 Å². The van der Waals surface area contributed by atoms with Crippen molar-refractivity contribution in [1.82, 2.24) is 10.2 Å². The fourth-order valence-corrected chi connectivity index (χ4v) is 4.12. The van der Waals surface area contributed by atoms with E-state index in [0.29, 0.717) is 55.3 Å². The maximum absolute atomic E-state index is 12.8. The van der Waals surface area contributed by atoms with E-state index in [0.717, 1.165) is 5.56 Å². The van der Waals surface area contributed by atoms with Crippen LogP contribution in [-0.2, 0) is 20.9 Å². The summed E-state index contributed by atoms with van der Waals surface area (Å²) in [5, 5.41) is 10.3. The molecule has 0 radical (unpaired) electrons. The lowest BCUT2D eigenvalue weighted by Crippen LogP contribution is -2.48. The number of oxime groups is 1.